The number of benzene rings is 2. The Morgan fingerprint density at radius 3 is 2.69 bits per heavy atom. The molecule has 140 valence electrons. The summed E-state index contributed by atoms with van der Waals surface area (Å²) in [6, 6.07) is 9.55. The Labute approximate surface area is 155 Å². The van der Waals surface area contributed by atoms with E-state index in [-0.39, 0.29) is 18.3 Å². The molecular formula is C22H29NO3. The fraction of sp³-hybridized carbons (Fsp3) is 0.500. The lowest BCUT2D eigenvalue weighted by atomic mass is 9.92. The highest BCUT2D eigenvalue weighted by Gasteiger charge is 2.26. The summed E-state index contributed by atoms with van der Waals surface area (Å²) < 4.78 is 5.33. The van der Waals surface area contributed by atoms with Crippen LogP contribution in [0.2, 0.25) is 0 Å². The number of aliphatic hydroxyl groups excluding tert-OH is 1. The van der Waals surface area contributed by atoms with Gasteiger partial charge >= 0.3 is 0 Å². The summed E-state index contributed by atoms with van der Waals surface area (Å²) in [6.45, 7) is 3.91. The van der Waals surface area contributed by atoms with Crippen LogP contribution < -0.4 is 4.74 Å². The monoisotopic (exact) mass is 355 g/mol. The zero-order valence-corrected chi connectivity index (χ0v) is 16.0. The first kappa shape index (κ1) is 18.9. The van der Waals surface area contributed by atoms with E-state index in [1.807, 2.05) is 30.3 Å². The maximum atomic E-state index is 13.0. The third-order valence-corrected chi connectivity index (χ3v) is 5.41. The van der Waals surface area contributed by atoms with Crippen molar-refractivity contribution in [1.29, 1.82) is 0 Å². The van der Waals surface area contributed by atoms with Gasteiger partial charge in [-0.25, -0.2) is 0 Å². The Hall–Kier alpha value is -1.91. The molecule has 1 unspecified atom stereocenters. The van der Waals surface area contributed by atoms with Crippen molar-refractivity contribution in [3.05, 3.63) is 41.5 Å². The third-order valence-electron chi connectivity index (χ3n) is 5.41. The van der Waals surface area contributed by atoms with Crippen molar-refractivity contribution in [1.82, 2.24) is 4.90 Å². The molecule has 0 saturated heterocycles. The molecule has 0 aromatic heterocycles. The van der Waals surface area contributed by atoms with Gasteiger partial charge in [0.25, 0.3) is 0 Å². The molecule has 0 aliphatic heterocycles. The topological polar surface area (TPSA) is 49.8 Å². The molecule has 26 heavy (non-hydrogen) atoms. The number of Topliss-reactive ketones (excluding diaryl/α,β-unsaturated/α-hetero) is 1. The highest BCUT2D eigenvalue weighted by atomic mass is 16.5. The predicted molar refractivity (Wildman–Crippen MR) is 105 cm³/mol. The fourth-order valence-corrected chi connectivity index (χ4v) is 3.71. The zero-order chi connectivity index (χ0) is 18.7. The van der Waals surface area contributed by atoms with Gasteiger partial charge in [0.2, 0.25) is 0 Å². The molecule has 0 spiro atoms. The standard InChI is InChI=1S/C22H29NO3/c1-4-16(13-23(2)12-15-5-6-15)22(25)18-7-9-19-17(11-18)8-10-21(26-3)20(19)14-24/h7-11,15-16,24H,4-6,12-14H2,1-3H3. The molecule has 0 bridgehead atoms. The van der Waals surface area contributed by atoms with Crippen molar-refractivity contribution in [2.45, 2.75) is 32.8 Å². The van der Waals surface area contributed by atoms with Crippen LogP contribution in [-0.2, 0) is 6.61 Å². The normalized spacial score (nSPS) is 15.4. The average Bonchev–Trinajstić information content (AvgIpc) is 3.47. The number of nitrogens with zero attached hydrogens (tertiary/aromatic N) is 1. The summed E-state index contributed by atoms with van der Waals surface area (Å²) in [5.41, 5.74) is 1.51. The second-order valence-electron chi connectivity index (χ2n) is 7.47. The second-order valence-corrected chi connectivity index (χ2v) is 7.47. The van der Waals surface area contributed by atoms with Gasteiger partial charge in [-0.15, -0.1) is 0 Å². The molecule has 4 nitrogen and oxygen atoms in total. The minimum Gasteiger partial charge on any atom is -0.496 e. The number of fused-ring (bicyclic) bond motifs is 1. The smallest absolute Gasteiger partial charge is 0.167 e. The molecule has 0 heterocycles. The summed E-state index contributed by atoms with van der Waals surface area (Å²) in [6.07, 6.45) is 3.50. The average molecular weight is 355 g/mol. The summed E-state index contributed by atoms with van der Waals surface area (Å²) >= 11 is 0. The summed E-state index contributed by atoms with van der Waals surface area (Å²) in [4.78, 5) is 15.3. The van der Waals surface area contributed by atoms with Crippen molar-refractivity contribution in [3.8, 4) is 5.75 Å². The number of ether oxygens (including phenoxy) is 1. The van der Waals surface area contributed by atoms with Crippen LogP contribution in [0.15, 0.2) is 30.3 Å². The Kier molecular flexibility index (Phi) is 5.94. The summed E-state index contributed by atoms with van der Waals surface area (Å²) in [5, 5.41) is 11.6. The first-order chi connectivity index (χ1) is 12.6. The number of carbonyl (C=O) groups is 1. The number of rotatable bonds is 9. The zero-order valence-electron chi connectivity index (χ0n) is 16.0. The minimum atomic E-state index is -0.0860. The molecular weight excluding hydrogens is 326 g/mol. The van der Waals surface area contributed by atoms with Gasteiger partial charge in [0.05, 0.1) is 13.7 Å². The van der Waals surface area contributed by atoms with Crippen LogP contribution in [0.5, 0.6) is 5.75 Å². The van der Waals surface area contributed by atoms with Gasteiger partial charge in [0, 0.05) is 30.1 Å². The molecule has 2 aromatic carbocycles. The van der Waals surface area contributed by atoms with Crippen molar-refractivity contribution in [2.75, 3.05) is 27.2 Å². The van der Waals surface area contributed by atoms with Crippen LogP contribution in [0.25, 0.3) is 10.8 Å². The Bertz CT molecular complexity index is 782. The molecule has 1 aliphatic rings. The number of ketones is 1. The quantitative estimate of drug-likeness (QED) is 0.693. The Balaban J connectivity index is 1.82. The number of methoxy groups -OCH3 is 1. The molecule has 1 fully saturated rings. The summed E-state index contributed by atoms with van der Waals surface area (Å²) in [5.74, 6) is 1.73. The Morgan fingerprint density at radius 1 is 1.31 bits per heavy atom. The van der Waals surface area contributed by atoms with Gasteiger partial charge in [-0.3, -0.25) is 4.79 Å². The second kappa shape index (κ2) is 8.19. The van der Waals surface area contributed by atoms with Gasteiger partial charge in [-0.1, -0.05) is 25.1 Å². The number of hydrogen-bond acceptors (Lipinski definition) is 4. The molecule has 2 aromatic rings. The molecule has 1 N–H and O–H groups in total. The molecule has 1 aliphatic carbocycles. The van der Waals surface area contributed by atoms with Crippen molar-refractivity contribution in [2.24, 2.45) is 11.8 Å². The lowest BCUT2D eigenvalue weighted by Crippen LogP contribution is -2.31. The molecule has 3 rings (SSSR count). The van der Waals surface area contributed by atoms with E-state index in [1.165, 1.54) is 12.8 Å². The van der Waals surface area contributed by atoms with E-state index in [2.05, 4.69) is 18.9 Å². The SMILES string of the molecule is CCC(CN(C)CC1CC1)C(=O)c1ccc2c(CO)c(OC)ccc2c1. The maximum absolute atomic E-state index is 13.0. The van der Waals surface area contributed by atoms with E-state index < -0.39 is 0 Å². The van der Waals surface area contributed by atoms with Crippen molar-refractivity contribution in [3.63, 3.8) is 0 Å². The highest BCUT2D eigenvalue weighted by molar-refractivity contribution is 6.02. The number of aliphatic hydroxyl groups is 1. The van der Waals surface area contributed by atoms with Gasteiger partial charge in [0.1, 0.15) is 5.75 Å². The van der Waals surface area contributed by atoms with E-state index in [0.29, 0.717) is 5.75 Å². The van der Waals surface area contributed by atoms with Crippen molar-refractivity contribution >= 4 is 16.6 Å². The predicted octanol–water partition coefficient (Wildman–Crippen LogP) is 3.89. The van der Waals surface area contributed by atoms with Crippen LogP contribution >= 0.6 is 0 Å². The van der Waals surface area contributed by atoms with Gasteiger partial charge in [-0.05, 0) is 55.1 Å². The molecule has 1 saturated carbocycles. The van der Waals surface area contributed by atoms with Crippen LogP contribution in [-0.4, -0.2) is 43.0 Å². The van der Waals surface area contributed by atoms with E-state index in [0.717, 1.165) is 47.3 Å². The lowest BCUT2D eigenvalue weighted by Gasteiger charge is -2.22. The van der Waals surface area contributed by atoms with Gasteiger partial charge in [-0.2, -0.15) is 0 Å². The van der Waals surface area contributed by atoms with Crippen molar-refractivity contribution < 1.29 is 14.6 Å². The summed E-state index contributed by atoms with van der Waals surface area (Å²) in [7, 11) is 3.72. The molecule has 0 radical (unpaired) electrons. The highest BCUT2D eigenvalue weighted by Crippen LogP contribution is 2.31. The molecule has 1 atom stereocenters. The molecule has 0 amide bonds. The van der Waals surface area contributed by atoms with E-state index in [9.17, 15) is 9.90 Å². The van der Waals surface area contributed by atoms with Gasteiger partial charge < -0.3 is 14.7 Å². The first-order valence-corrected chi connectivity index (χ1v) is 9.50. The van der Waals surface area contributed by atoms with E-state index >= 15 is 0 Å². The first-order valence-electron chi connectivity index (χ1n) is 9.50. The number of carbonyl (C=O) groups excluding carboxylic acids is 1. The third kappa shape index (κ3) is 4.08. The number of hydrogen-bond donors (Lipinski definition) is 1. The van der Waals surface area contributed by atoms with Crippen LogP contribution in [0.1, 0.15) is 42.1 Å². The lowest BCUT2D eigenvalue weighted by molar-refractivity contribution is 0.0884. The minimum absolute atomic E-state index is 0.0201. The maximum Gasteiger partial charge on any atom is 0.167 e. The van der Waals surface area contributed by atoms with Crippen LogP contribution in [0, 0.1) is 11.8 Å². The van der Waals surface area contributed by atoms with E-state index in [4.69, 9.17) is 4.74 Å². The van der Waals surface area contributed by atoms with E-state index in [1.54, 1.807) is 7.11 Å². The largest absolute Gasteiger partial charge is 0.496 e. The van der Waals surface area contributed by atoms with Gasteiger partial charge in [0.15, 0.2) is 5.78 Å². The molecule has 4 heteroatoms. The Morgan fingerprint density at radius 2 is 2.08 bits per heavy atom. The van der Waals surface area contributed by atoms with Crippen LogP contribution in [0.4, 0.5) is 0 Å². The van der Waals surface area contributed by atoms with Crippen LogP contribution in [0.3, 0.4) is 0 Å². The fourth-order valence-electron chi connectivity index (χ4n) is 3.71.